The van der Waals surface area contributed by atoms with Crippen molar-refractivity contribution < 1.29 is 32.2 Å². The first-order valence-electron chi connectivity index (χ1n) is 7.07. The van der Waals surface area contributed by atoms with Crippen molar-refractivity contribution in [1.82, 2.24) is 9.78 Å². The molecule has 0 aliphatic carbocycles. The molecular formula is C16H9ClF4N2O3. The highest BCUT2D eigenvalue weighted by Crippen LogP contribution is 2.29. The summed E-state index contributed by atoms with van der Waals surface area (Å²) in [6, 6.07) is 7.01. The van der Waals surface area contributed by atoms with Crippen LogP contribution < -0.4 is 4.74 Å². The van der Waals surface area contributed by atoms with Crippen molar-refractivity contribution in [2.24, 2.45) is 0 Å². The molecule has 0 bridgehead atoms. The van der Waals surface area contributed by atoms with Crippen molar-refractivity contribution in [3.8, 4) is 5.75 Å². The van der Waals surface area contributed by atoms with Crippen LogP contribution in [-0.2, 0) is 6.54 Å². The van der Waals surface area contributed by atoms with Crippen LogP contribution in [0.15, 0.2) is 36.4 Å². The molecule has 3 rings (SSSR count). The first-order chi connectivity index (χ1) is 12.1. The Hall–Kier alpha value is -2.81. The van der Waals surface area contributed by atoms with Gasteiger partial charge in [0, 0.05) is 22.0 Å². The van der Waals surface area contributed by atoms with Gasteiger partial charge in [0.15, 0.2) is 5.69 Å². The second-order valence-electron chi connectivity index (χ2n) is 5.27. The van der Waals surface area contributed by atoms with Crippen LogP contribution in [0.2, 0.25) is 5.02 Å². The molecule has 0 saturated carbocycles. The first kappa shape index (κ1) is 18.0. The Morgan fingerprint density at radius 2 is 1.96 bits per heavy atom. The predicted molar refractivity (Wildman–Crippen MR) is 83.9 cm³/mol. The second-order valence-corrected chi connectivity index (χ2v) is 5.71. The third kappa shape index (κ3) is 3.72. The van der Waals surface area contributed by atoms with Crippen molar-refractivity contribution in [3.05, 3.63) is 58.5 Å². The first-order valence-corrected chi connectivity index (χ1v) is 7.45. The van der Waals surface area contributed by atoms with E-state index in [1.807, 2.05) is 0 Å². The number of fused-ring (bicyclic) bond motifs is 1. The SMILES string of the molecule is O=C(O)c1nn(Cc2ccc(Cl)cc2F)c2cc(OC(F)(F)F)ccc12. The topological polar surface area (TPSA) is 64.3 Å². The summed E-state index contributed by atoms with van der Waals surface area (Å²) in [5, 5.41) is 13.4. The third-order valence-corrected chi connectivity index (χ3v) is 3.73. The lowest BCUT2D eigenvalue weighted by atomic mass is 10.2. The molecule has 0 unspecified atom stereocenters. The molecule has 10 heteroatoms. The van der Waals surface area contributed by atoms with Gasteiger partial charge in [0.25, 0.3) is 0 Å². The number of carboxylic acids is 1. The lowest BCUT2D eigenvalue weighted by molar-refractivity contribution is -0.274. The van der Waals surface area contributed by atoms with Gasteiger partial charge in [-0.25, -0.2) is 9.18 Å². The van der Waals surface area contributed by atoms with Gasteiger partial charge in [-0.2, -0.15) is 5.10 Å². The number of carboxylic acid groups (broad SMARTS) is 1. The number of nitrogens with zero attached hydrogens (tertiary/aromatic N) is 2. The van der Waals surface area contributed by atoms with Gasteiger partial charge >= 0.3 is 12.3 Å². The molecule has 3 aromatic rings. The summed E-state index contributed by atoms with van der Waals surface area (Å²) in [5.41, 5.74) is -0.177. The zero-order chi connectivity index (χ0) is 19.1. The number of aromatic nitrogens is 2. The maximum atomic E-state index is 14.0. The number of halogens is 5. The van der Waals surface area contributed by atoms with Crippen LogP contribution in [0.4, 0.5) is 17.6 Å². The van der Waals surface area contributed by atoms with E-state index in [0.717, 1.165) is 28.9 Å². The van der Waals surface area contributed by atoms with Crippen LogP contribution in [0.25, 0.3) is 10.9 Å². The Balaban J connectivity index is 2.10. The number of rotatable bonds is 4. The lowest BCUT2D eigenvalue weighted by Gasteiger charge is -2.10. The Bertz CT molecular complexity index is 1000. The maximum Gasteiger partial charge on any atom is 0.573 e. The largest absolute Gasteiger partial charge is 0.573 e. The highest BCUT2D eigenvalue weighted by Gasteiger charge is 2.31. The van der Waals surface area contributed by atoms with Gasteiger partial charge in [-0.1, -0.05) is 17.7 Å². The summed E-state index contributed by atoms with van der Waals surface area (Å²) in [7, 11) is 0. The molecule has 1 N–H and O–H groups in total. The molecule has 0 radical (unpaired) electrons. The van der Waals surface area contributed by atoms with Gasteiger partial charge in [-0.15, -0.1) is 13.2 Å². The fourth-order valence-electron chi connectivity index (χ4n) is 2.44. The number of carbonyl (C=O) groups is 1. The van der Waals surface area contributed by atoms with E-state index in [1.54, 1.807) is 0 Å². The molecule has 0 fully saturated rings. The average Bonchev–Trinajstić information content (AvgIpc) is 2.87. The van der Waals surface area contributed by atoms with Gasteiger partial charge in [0.1, 0.15) is 11.6 Å². The van der Waals surface area contributed by atoms with Crippen molar-refractivity contribution in [3.63, 3.8) is 0 Å². The molecule has 136 valence electrons. The van der Waals surface area contributed by atoms with Crippen molar-refractivity contribution in [2.45, 2.75) is 12.9 Å². The summed E-state index contributed by atoms with van der Waals surface area (Å²) >= 11 is 5.68. The zero-order valence-corrected chi connectivity index (χ0v) is 13.5. The monoisotopic (exact) mass is 388 g/mol. The molecule has 0 spiro atoms. The van der Waals surface area contributed by atoms with Crippen molar-refractivity contribution in [2.75, 3.05) is 0 Å². The van der Waals surface area contributed by atoms with Crippen LogP contribution >= 0.6 is 11.6 Å². The number of hydrogen-bond donors (Lipinski definition) is 1. The summed E-state index contributed by atoms with van der Waals surface area (Å²) < 4.78 is 56.2. The van der Waals surface area contributed by atoms with Crippen LogP contribution in [-0.4, -0.2) is 27.2 Å². The predicted octanol–water partition coefficient (Wildman–Crippen LogP) is 4.47. The number of alkyl halides is 3. The maximum absolute atomic E-state index is 14.0. The smallest absolute Gasteiger partial charge is 0.476 e. The summed E-state index contributed by atoms with van der Waals surface area (Å²) in [4.78, 5) is 11.3. The number of benzene rings is 2. The van der Waals surface area contributed by atoms with Crippen LogP contribution in [0.1, 0.15) is 16.1 Å². The number of aromatic carboxylic acids is 1. The molecule has 0 atom stereocenters. The van der Waals surface area contributed by atoms with E-state index in [2.05, 4.69) is 9.84 Å². The normalized spacial score (nSPS) is 11.7. The minimum Gasteiger partial charge on any atom is -0.476 e. The van der Waals surface area contributed by atoms with E-state index in [0.29, 0.717) is 0 Å². The summed E-state index contributed by atoms with van der Waals surface area (Å²) in [5.74, 6) is -2.56. The molecule has 1 aromatic heterocycles. The average molecular weight is 389 g/mol. The zero-order valence-electron chi connectivity index (χ0n) is 12.7. The van der Waals surface area contributed by atoms with Crippen LogP contribution in [0.5, 0.6) is 5.75 Å². The minimum absolute atomic E-state index is 0.0542. The van der Waals surface area contributed by atoms with Gasteiger partial charge < -0.3 is 9.84 Å². The number of hydrogen-bond acceptors (Lipinski definition) is 3. The lowest BCUT2D eigenvalue weighted by Crippen LogP contribution is -2.17. The Morgan fingerprint density at radius 3 is 2.58 bits per heavy atom. The third-order valence-electron chi connectivity index (χ3n) is 3.49. The van der Waals surface area contributed by atoms with Crippen molar-refractivity contribution in [1.29, 1.82) is 0 Å². The molecule has 0 amide bonds. The Kier molecular flexibility index (Phi) is 4.49. The van der Waals surface area contributed by atoms with Crippen molar-refractivity contribution >= 4 is 28.5 Å². The quantitative estimate of drug-likeness (QED) is 0.670. The van der Waals surface area contributed by atoms with Crippen LogP contribution in [0, 0.1) is 5.82 Å². The van der Waals surface area contributed by atoms with E-state index in [9.17, 15) is 27.5 Å². The van der Waals surface area contributed by atoms with E-state index in [4.69, 9.17) is 11.6 Å². The van der Waals surface area contributed by atoms with Gasteiger partial charge in [0.2, 0.25) is 0 Å². The fraction of sp³-hybridized carbons (Fsp3) is 0.125. The van der Waals surface area contributed by atoms with Gasteiger partial charge in [-0.05, 0) is 24.3 Å². The summed E-state index contributed by atoms with van der Waals surface area (Å²) in [6.07, 6.45) is -4.91. The highest BCUT2D eigenvalue weighted by molar-refractivity contribution is 6.30. The molecule has 5 nitrogen and oxygen atoms in total. The fourth-order valence-corrected chi connectivity index (χ4v) is 2.60. The summed E-state index contributed by atoms with van der Waals surface area (Å²) in [6.45, 7) is -0.206. The highest BCUT2D eigenvalue weighted by atomic mass is 35.5. The molecule has 26 heavy (non-hydrogen) atoms. The van der Waals surface area contributed by atoms with Gasteiger partial charge in [0.05, 0.1) is 12.1 Å². The molecule has 1 heterocycles. The molecule has 2 aromatic carbocycles. The number of ether oxygens (including phenoxy) is 1. The Labute approximate surface area is 148 Å². The van der Waals surface area contributed by atoms with Gasteiger partial charge in [-0.3, -0.25) is 4.68 Å². The standard InChI is InChI=1S/C16H9ClF4N2O3/c17-9-2-1-8(12(18)5-9)7-23-13-6-10(26-16(19,20)21)3-4-11(13)14(22-23)15(24)25/h1-6H,7H2,(H,24,25). The van der Waals surface area contributed by atoms with E-state index < -0.39 is 23.9 Å². The second kappa shape index (κ2) is 6.49. The molecule has 0 saturated heterocycles. The van der Waals surface area contributed by atoms with Crippen LogP contribution in [0.3, 0.4) is 0 Å². The molecular weight excluding hydrogens is 380 g/mol. The van der Waals surface area contributed by atoms with E-state index >= 15 is 0 Å². The molecule has 0 aliphatic heterocycles. The van der Waals surface area contributed by atoms with E-state index in [1.165, 1.54) is 12.1 Å². The molecule has 0 aliphatic rings. The van der Waals surface area contributed by atoms with E-state index in [-0.39, 0.29) is 33.7 Å². The Morgan fingerprint density at radius 1 is 1.23 bits per heavy atom. The minimum atomic E-state index is -4.91.